The van der Waals surface area contributed by atoms with Crippen LogP contribution in [-0.4, -0.2) is 30.9 Å². The maximum absolute atomic E-state index is 12.0. The molecule has 0 aliphatic rings. The van der Waals surface area contributed by atoms with E-state index in [1.165, 1.54) is 70.6 Å². The molecular formula is C23H47NO2P+. The van der Waals surface area contributed by atoms with Crippen molar-refractivity contribution in [2.24, 2.45) is 0 Å². The van der Waals surface area contributed by atoms with Gasteiger partial charge in [-0.15, -0.1) is 0 Å². The van der Waals surface area contributed by atoms with Gasteiger partial charge in [0.15, 0.2) is 0 Å². The molecule has 160 valence electrons. The molecule has 0 heterocycles. The number of hydrogen-bond acceptors (Lipinski definition) is 2. The van der Waals surface area contributed by atoms with E-state index in [0.717, 1.165) is 25.7 Å². The highest BCUT2D eigenvalue weighted by Crippen LogP contribution is 2.44. The summed E-state index contributed by atoms with van der Waals surface area (Å²) in [5.41, 5.74) is 0. The summed E-state index contributed by atoms with van der Waals surface area (Å²) in [5, 5.41) is -0.586. The third kappa shape index (κ3) is 11.3. The first-order valence-electron chi connectivity index (χ1n) is 11.4. The molecule has 4 heteroatoms. The van der Waals surface area contributed by atoms with E-state index in [1.54, 1.807) is 0 Å². The summed E-state index contributed by atoms with van der Waals surface area (Å²) in [4.78, 5) is 0. The lowest BCUT2D eigenvalue weighted by atomic mass is 9.99. The molecule has 27 heavy (non-hydrogen) atoms. The number of allylic oxidation sites excluding steroid dienone is 2. The Labute approximate surface area is 170 Å². The van der Waals surface area contributed by atoms with Gasteiger partial charge in [-0.3, -0.25) is 0 Å². The molecule has 0 spiro atoms. The number of rotatable bonds is 18. The van der Waals surface area contributed by atoms with Crippen molar-refractivity contribution in [3.8, 4) is 0 Å². The van der Waals surface area contributed by atoms with Crippen molar-refractivity contribution >= 4 is 7.68 Å². The van der Waals surface area contributed by atoms with Gasteiger partial charge in [0.1, 0.15) is 0 Å². The van der Waals surface area contributed by atoms with Crippen LogP contribution in [0.1, 0.15) is 110 Å². The topological polar surface area (TPSA) is 34.1 Å². The summed E-state index contributed by atoms with van der Waals surface area (Å²) in [6, 6.07) is 0. The lowest BCUT2D eigenvalue weighted by molar-refractivity contribution is -0.908. The smallest absolute Gasteiger partial charge is 0.314 e. The van der Waals surface area contributed by atoms with Gasteiger partial charge in [0.05, 0.1) is 21.1 Å². The number of quaternary nitrogens is 1. The summed E-state index contributed by atoms with van der Waals surface area (Å²) < 4.78 is 24.6. The van der Waals surface area contributed by atoms with E-state index in [-0.39, 0.29) is 0 Å². The average molecular weight is 401 g/mol. The van der Waals surface area contributed by atoms with Crippen LogP contribution in [0.3, 0.4) is 0 Å². The van der Waals surface area contributed by atoms with Crippen LogP contribution < -0.4 is 0 Å². The Kier molecular flexibility index (Phi) is 15.3. The number of unbranched alkanes of at least 4 members (excludes halogenated alkanes) is 11. The summed E-state index contributed by atoms with van der Waals surface area (Å²) >= 11 is 0. The Morgan fingerprint density at radius 3 is 1.56 bits per heavy atom. The second-order valence-corrected chi connectivity index (χ2v) is 10.3. The van der Waals surface area contributed by atoms with Crippen LogP contribution in [0, 0.1) is 0 Å². The molecule has 0 aromatic carbocycles. The summed E-state index contributed by atoms with van der Waals surface area (Å²) in [7, 11) is 3.67. The predicted molar refractivity (Wildman–Crippen MR) is 119 cm³/mol. The average Bonchev–Trinajstić information content (AvgIpc) is 2.59. The minimum absolute atomic E-state index is 0.522. The molecule has 1 atom stereocenters. The summed E-state index contributed by atoms with van der Waals surface area (Å²) in [6.07, 6.45) is 22.5. The molecule has 0 bridgehead atoms. The van der Waals surface area contributed by atoms with Gasteiger partial charge in [-0.1, -0.05) is 76.9 Å². The highest BCUT2D eigenvalue weighted by Gasteiger charge is 2.47. The van der Waals surface area contributed by atoms with E-state index < -0.39 is 13.0 Å². The van der Waals surface area contributed by atoms with Crippen molar-refractivity contribution in [1.29, 1.82) is 0 Å². The molecule has 0 saturated carbocycles. The van der Waals surface area contributed by atoms with Crippen LogP contribution in [0.15, 0.2) is 12.2 Å². The van der Waals surface area contributed by atoms with Crippen LogP contribution in [0.4, 0.5) is 0 Å². The zero-order valence-electron chi connectivity index (χ0n) is 19.0. The van der Waals surface area contributed by atoms with Crippen LogP contribution >= 0.6 is 7.68 Å². The molecule has 0 aliphatic carbocycles. The molecule has 0 aromatic rings. The number of hydrogen-bond donors (Lipinski definition) is 0. The van der Waals surface area contributed by atoms with Gasteiger partial charge >= 0.3 is 7.68 Å². The van der Waals surface area contributed by atoms with E-state index in [0.29, 0.717) is 4.48 Å². The fourth-order valence-corrected chi connectivity index (χ4v) is 5.29. The molecule has 0 rings (SSSR count). The second kappa shape index (κ2) is 15.5. The highest BCUT2D eigenvalue weighted by molar-refractivity contribution is 7.32. The minimum atomic E-state index is -2.42. The third-order valence-corrected chi connectivity index (χ3v) is 7.65. The summed E-state index contributed by atoms with van der Waals surface area (Å²) in [5.74, 6) is 0. The molecule has 0 amide bonds. The van der Waals surface area contributed by atoms with Crippen molar-refractivity contribution in [2.75, 3.05) is 21.1 Å². The lowest BCUT2D eigenvalue weighted by Crippen LogP contribution is -2.53. The van der Waals surface area contributed by atoms with Crippen LogP contribution in [0.5, 0.6) is 0 Å². The van der Waals surface area contributed by atoms with Crippen molar-refractivity contribution in [3.63, 3.8) is 0 Å². The van der Waals surface area contributed by atoms with Crippen molar-refractivity contribution in [2.45, 2.75) is 115 Å². The Morgan fingerprint density at radius 1 is 0.741 bits per heavy atom. The van der Waals surface area contributed by atoms with Gasteiger partial charge in [0, 0.05) is 12.8 Å². The van der Waals surface area contributed by atoms with E-state index in [4.69, 9.17) is 0 Å². The Morgan fingerprint density at radius 2 is 1.19 bits per heavy atom. The minimum Gasteiger partial charge on any atom is -0.314 e. The molecule has 3 nitrogen and oxygen atoms in total. The predicted octanol–water partition coefficient (Wildman–Crippen LogP) is 8.01. The molecule has 0 fully saturated rings. The molecule has 1 unspecified atom stereocenters. The van der Waals surface area contributed by atoms with Crippen LogP contribution in [0.25, 0.3) is 0 Å². The fourth-order valence-electron chi connectivity index (χ4n) is 4.05. The van der Waals surface area contributed by atoms with E-state index in [9.17, 15) is 9.13 Å². The van der Waals surface area contributed by atoms with E-state index in [1.807, 2.05) is 21.1 Å². The molecule has 0 aliphatic heterocycles. The summed E-state index contributed by atoms with van der Waals surface area (Å²) in [6.45, 7) is 4.18. The Balaban J connectivity index is 3.80. The fraction of sp³-hybridized carbons (Fsp3) is 0.913. The Hall–Kier alpha value is -0.400. The normalized spacial score (nSPS) is 14.6. The molecule has 0 radical (unpaired) electrons. The lowest BCUT2D eigenvalue weighted by Gasteiger charge is -2.41. The Bertz CT molecular complexity index is 444. The van der Waals surface area contributed by atoms with Gasteiger partial charge in [0.25, 0.3) is 0 Å². The first kappa shape index (κ1) is 26.6. The van der Waals surface area contributed by atoms with Crippen molar-refractivity contribution < 1.29 is 13.6 Å². The van der Waals surface area contributed by atoms with Gasteiger partial charge in [-0.05, 0) is 32.6 Å². The first-order valence-corrected chi connectivity index (χ1v) is 12.6. The van der Waals surface area contributed by atoms with Crippen molar-refractivity contribution in [1.82, 2.24) is 0 Å². The zero-order chi connectivity index (χ0) is 20.6. The molecule has 0 N–H and O–H groups in total. The number of nitrogens with zero attached hydrogens (tertiary/aromatic N) is 1. The van der Waals surface area contributed by atoms with Gasteiger partial charge < -0.3 is 4.48 Å². The van der Waals surface area contributed by atoms with E-state index >= 15 is 0 Å². The standard InChI is InChI=1S/C23H47NO2P/c1-6-8-9-10-11-12-13-14-15-16-17-18-19-20-22-23(21-7-2,27(25)26)24(3,4)5/h6,8H,7,9-22H2,1-5H3/q+1. The monoisotopic (exact) mass is 400 g/mol. The quantitative estimate of drug-likeness (QED) is 0.101. The van der Waals surface area contributed by atoms with Crippen LogP contribution in [0.2, 0.25) is 0 Å². The second-order valence-electron chi connectivity index (χ2n) is 9.00. The largest absolute Gasteiger partial charge is 0.378 e. The molecule has 0 aromatic heterocycles. The maximum atomic E-state index is 12.0. The van der Waals surface area contributed by atoms with Gasteiger partial charge in [0.2, 0.25) is 5.28 Å². The maximum Gasteiger partial charge on any atom is 0.378 e. The van der Waals surface area contributed by atoms with Crippen molar-refractivity contribution in [3.05, 3.63) is 12.2 Å². The van der Waals surface area contributed by atoms with Gasteiger partial charge in [-0.25, -0.2) is 9.13 Å². The molecule has 0 saturated heterocycles. The van der Waals surface area contributed by atoms with Gasteiger partial charge in [-0.2, -0.15) is 0 Å². The highest BCUT2D eigenvalue weighted by atomic mass is 31.1. The zero-order valence-corrected chi connectivity index (χ0v) is 19.9. The molecular weight excluding hydrogens is 353 g/mol. The van der Waals surface area contributed by atoms with Crippen LogP contribution in [-0.2, 0) is 9.13 Å². The first-order chi connectivity index (χ1) is 12.8. The SMILES string of the molecule is CC=CCCCCCCCCCCCCCC(CCC)(P(=O)=O)[N+](C)(C)C. The third-order valence-electron chi connectivity index (χ3n) is 5.92. The van der Waals surface area contributed by atoms with E-state index in [2.05, 4.69) is 26.0 Å².